The van der Waals surface area contributed by atoms with Crippen LogP contribution in [0, 0.1) is 5.41 Å². The number of nitrogens with one attached hydrogen (secondary N) is 1. The molecule has 0 spiro atoms. The molecule has 4 heteroatoms. The first-order valence-electron chi connectivity index (χ1n) is 8.21. The zero-order chi connectivity index (χ0) is 17.5. The molecule has 4 nitrogen and oxygen atoms in total. The molecule has 24 heavy (non-hydrogen) atoms. The normalized spacial score (nSPS) is 22.8. The highest BCUT2D eigenvalue weighted by atomic mass is 16.5. The molecule has 1 N–H and O–H groups in total. The molecule has 2 aliphatic rings. The summed E-state index contributed by atoms with van der Waals surface area (Å²) < 4.78 is 5.00. The number of Topliss-reactive ketones (excluding diaryl/α,β-unsaturated/α-hetero) is 1. The minimum absolute atomic E-state index is 0.0762. The summed E-state index contributed by atoms with van der Waals surface area (Å²) in [6.45, 7) is 6.07. The fraction of sp³-hybridized carbons (Fsp3) is 0.400. The van der Waals surface area contributed by atoms with Crippen LogP contribution < -0.4 is 5.32 Å². The maximum Gasteiger partial charge on any atom is 0.336 e. The Morgan fingerprint density at radius 2 is 1.88 bits per heavy atom. The molecule has 0 aromatic heterocycles. The van der Waals surface area contributed by atoms with E-state index in [-0.39, 0.29) is 17.1 Å². The lowest BCUT2D eigenvalue weighted by Gasteiger charge is -2.39. The Balaban J connectivity index is 2.19. The standard InChI is InChI=1S/C20H23NO3/c1-12-16(19(23)24-4)17(13-8-6-5-7-9-13)18-14(21-12)10-20(2,3)11-15(18)22/h5-9,17,21H,10-11H2,1-4H3/t17-/m0/s1. The van der Waals surface area contributed by atoms with Crippen LogP contribution in [-0.2, 0) is 14.3 Å². The Bertz CT molecular complexity index is 756. The second-order valence-electron chi connectivity index (χ2n) is 7.33. The van der Waals surface area contributed by atoms with Gasteiger partial charge in [-0.1, -0.05) is 44.2 Å². The maximum absolute atomic E-state index is 12.9. The molecule has 1 atom stereocenters. The molecule has 0 bridgehead atoms. The lowest BCUT2D eigenvalue weighted by atomic mass is 9.68. The van der Waals surface area contributed by atoms with Gasteiger partial charge in [0.15, 0.2) is 5.78 Å². The van der Waals surface area contributed by atoms with Crippen molar-refractivity contribution in [2.75, 3.05) is 7.11 Å². The van der Waals surface area contributed by atoms with E-state index in [9.17, 15) is 9.59 Å². The van der Waals surface area contributed by atoms with Crippen LogP contribution in [0.25, 0.3) is 0 Å². The highest BCUT2D eigenvalue weighted by Crippen LogP contribution is 2.46. The van der Waals surface area contributed by atoms with E-state index >= 15 is 0 Å². The second kappa shape index (κ2) is 5.93. The van der Waals surface area contributed by atoms with Crippen molar-refractivity contribution in [1.82, 2.24) is 5.32 Å². The number of dihydropyridines is 1. The zero-order valence-corrected chi connectivity index (χ0v) is 14.6. The molecule has 1 heterocycles. The number of carbonyl (C=O) groups is 2. The first-order valence-corrected chi connectivity index (χ1v) is 8.21. The molecule has 0 unspecified atom stereocenters. The minimum atomic E-state index is -0.391. The Kier molecular flexibility index (Phi) is 4.08. The van der Waals surface area contributed by atoms with E-state index in [4.69, 9.17) is 4.74 Å². The van der Waals surface area contributed by atoms with Crippen LogP contribution in [0.15, 0.2) is 52.9 Å². The summed E-state index contributed by atoms with van der Waals surface area (Å²) in [5.74, 6) is -0.645. The number of methoxy groups -OCH3 is 1. The molecule has 3 rings (SSSR count). The molecule has 1 aliphatic carbocycles. The zero-order valence-electron chi connectivity index (χ0n) is 14.6. The number of hydrogen-bond donors (Lipinski definition) is 1. The van der Waals surface area contributed by atoms with Gasteiger partial charge in [-0.15, -0.1) is 0 Å². The topological polar surface area (TPSA) is 55.4 Å². The first kappa shape index (κ1) is 16.5. The molecule has 1 aliphatic heterocycles. The monoisotopic (exact) mass is 325 g/mol. The van der Waals surface area contributed by atoms with E-state index in [0.717, 1.165) is 23.4 Å². The van der Waals surface area contributed by atoms with Crippen LogP contribution >= 0.6 is 0 Å². The quantitative estimate of drug-likeness (QED) is 0.846. The lowest BCUT2D eigenvalue weighted by molar-refractivity contribution is -0.136. The highest BCUT2D eigenvalue weighted by Gasteiger charge is 2.42. The van der Waals surface area contributed by atoms with Crippen molar-refractivity contribution in [1.29, 1.82) is 0 Å². The summed E-state index contributed by atoms with van der Waals surface area (Å²) in [7, 11) is 1.38. The fourth-order valence-corrected chi connectivity index (χ4v) is 3.80. The molecule has 1 aromatic rings. The van der Waals surface area contributed by atoms with Gasteiger partial charge in [0.1, 0.15) is 0 Å². The Hall–Kier alpha value is -2.36. The number of carbonyl (C=O) groups excluding carboxylic acids is 2. The number of rotatable bonds is 2. The number of esters is 1. The fourth-order valence-electron chi connectivity index (χ4n) is 3.80. The van der Waals surface area contributed by atoms with E-state index < -0.39 is 5.97 Å². The van der Waals surface area contributed by atoms with Crippen molar-refractivity contribution in [2.24, 2.45) is 5.41 Å². The van der Waals surface area contributed by atoms with Crippen LogP contribution in [-0.4, -0.2) is 18.9 Å². The van der Waals surface area contributed by atoms with E-state index in [1.807, 2.05) is 37.3 Å². The van der Waals surface area contributed by atoms with Gasteiger partial charge in [0.2, 0.25) is 0 Å². The predicted molar refractivity (Wildman–Crippen MR) is 92.1 cm³/mol. The minimum Gasteiger partial charge on any atom is -0.466 e. The van der Waals surface area contributed by atoms with Gasteiger partial charge in [0.25, 0.3) is 0 Å². The largest absolute Gasteiger partial charge is 0.466 e. The summed E-state index contributed by atoms with van der Waals surface area (Å²) in [5.41, 5.74) is 3.81. The molecule has 0 amide bonds. The second-order valence-corrected chi connectivity index (χ2v) is 7.33. The summed E-state index contributed by atoms with van der Waals surface area (Å²) in [4.78, 5) is 25.3. The van der Waals surface area contributed by atoms with Gasteiger partial charge in [-0.3, -0.25) is 4.79 Å². The maximum atomic E-state index is 12.9. The van der Waals surface area contributed by atoms with Crippen molar-refractivity contribution < 1.29 is 14.3 Å². The van der Waals surface area contributed by atoms with Crippen molar-refractivity contribution in [3.05, 3.63) is 58.4 Å². The molecular weight excluding hydrogens is 302 g/mol. The average Bonchev–Trinajstić information content (AvgIpc) is 2.52. The van der Waals surface area contributed by atoms with Gasteiger partial charge < -0.3 is 10.1 Å². The number of allylic oxidation sites excluding steroid dienone is 3. The molecule has 1 aromatic carbocycles. The average molecular weight is 325 g/mol. The third kappa shape index (κ3) is 2.77. The number of ketones is 1. The van der Waals surface area contributed by atoms with Crippen LogP contribution in [0.5, 0.6) is 0 Å². The molecule has 0 fully saturated rings. The van der Waals surface area contributed by atoms with Crippen molar-refractivity contribution >= 4 is 11.8 Å². The smallest absolute Gasteiger partial charge is 0.336 e. The molecule has 0 saturated carbocycles. The van der Waals surface area contributed by atoms with Crippen LogP contribution in [0.2, 0.25) is 0 Å². The number of benzene rings is 1. The summed E-state index contributed by atoms with van der Waals surface area (Å²) in [6.07, 6.45) is 1.29. The number of ether oxygens (including phenoxy) is 1. The van der Waals surface area contributed by atoms with E-state index in [1.165, 1.54) is 7.11 Å². The van der Waals surface area contributed by atoms with Gasteiger partial charge in [-0.2, -0.15) is 0 Å². The van der Waals surface area contributed by atoms with Crippen LogP contribution in [0.4, 0.5) is 0 Å². The summed E-state index contributed by atoms with van der Waals surface area (Å²) >= 11 is 0. The van der Waals surface area contributed by atoms with Crippen LogP contribution in [0.3, 0.4) is 0 Å². The van der Waals surface area contributed by atoms with Gasteiger partial charge in [0, 0.05) is 29.3 Å². The van der Waals surface area contributed by atoms with Gasteiger partial charge in [0.05, 0.1) is 12.7 Å². The predicted octanol–water partition coefficient (Wildman–Crippen LogP) is 3.46. The number of hydrogen-bond acceptors (Lipinski definition) is 4. The third-order valence-electron chi connectivity index (χ3n) is 4.78. The molecule has 126 valence electrons. The van der Waals surface area contributed by atoms with Crippen molar-refractivity contribution in [3.63, 3.8) is 0 Å². The summed E-state index contributed by atoms with van der Waals surface area (Å²) in [6, 6.07) is 9.71. The molecule has 0 saturated heterocycles. The lowest BCUT2D eigenvalue weighted by Crippen LogP contribution is -2.38. The van der Waals surface area contributed by atoms with Crippen molar-refractivity contribution in [2.45, 2.75) is 39.5 Å². The van der Waals surface area contributed by atoms with E-state index in [2.05, 4.69) is 19.2 Å². The SMILES string of the molecule is COC(=O)C1=C(C)NC2=C(C(=O)CC(C)(C)C2)[C@H]1c1ccccc1. The third-order valence-corrected chi connectivity index (χ3v) is 4.78. The molecular formula is C20H23NO3. The first-order chi connectivity index (χ1) is 11.3. The summed E-state index contributed by atoms with van der Waals surface area (Å²) in [5, 5.41) is 3.31. The van der Waals surface area contributed by atoms with Crippen LogP contribution in [0.1, 0.15) is 45.1 Å². The Morgan fingerprint density at radius 1 is 1.21 bits per heavy atom. The Labute approximate surface area is 142 Å². The van der Waals surface area contributed by atoms with E-state index in [0.29, 0.717) is 17.6 Å². The van der Waals surface area contributed by atoms with Gasteiger partial charge in [-0.05, 0) is 24.3 Å². The van der Waals surface area contributed by atoms with Crippen molar-refractivity contribution in [3.8, 4) is 0 Å². The molecule has 0 radical (unpaired) electrons. The van der Waals surface area contributed by atoms with Gasteiger partial charge in [-0.25, -0.2) is 4.79 Å². The van der Waals surface area contributed by atoms with E-state index in [1.54, 1.807) is 0 Å². The van der Waals surface area contributed by atoms with Gasteiger partial charge >= 0.3 is 5.97 Å². The Morgan fingerprint density at radius 3 is 2.50 bits per heavy atom. The highest BCUT2D eigenvalue weighted by molar-refractivity contribution is 6.04.